The first-order valence-corrected chi connectivity index (χ1v) is 27.0. The van der Waals surface area contributed by atoms with Gasteiger partial charge in [0.2, 0.25) is 0 Å². The smallest absolute Gasteiger partial charge is 0.252 e. The maximum atomic E-state index is 2.72. The molecular formula is C69H72BN3. The highest BCUT2D eigenvalue weighted by Crippen LogP contribution is 2.54. The fourth-order valence-electron chi connectivity index (χ4n) is 13.1. The molecule has 2 aliphatic heterocycles. The highest BCUT2D eigenvalue weighted by atomic mass is 15.2. The molecule has 12 rings (SSSR count). The third-order valence-electron chi connectivity index (χ3n) is 17.8. The summed E-state index contributed by atoms with van der Waals surface area (Å²) in [4.78, 5) is 7.80. The molecule has 3 nitrogen and oxygen atoms in total. The van der Waals surface area contributed by atoms with Gasteiger partial charge >= 0.3 is 0 Å². The SMILES string of the molecule is Cc1ccc(-c2ccccc2)cc1N1c2cc(N(c3ccccc3)c3ccccc3)ccc2B2c3cc4c(cc3N(c3ccc5c(c3)C(C)(C)CCC5(C)C)c3cc(C(C)(C)C)cc1c32)C(C)(C)CCC4(C)C. The van der Waals surface area contributed by atoms with Crippen molar-refractivity contribution in [2.45, 2.75) is 136 Å². The summed E-state index contributed by atoms with van der Waals surface area (Å²) in [7, 11) is 0. The molecule has 0 bridgehead atoms. The van der Waals surface area contributed by atoms with Crippen molar-refractivity contribution in [1.29, 1.82) is 0 Å². The van der Waals surface area contributed by atoms with Gasteiger partial charge in [-0.25, -0.2) is 0 Å². The van der Waals surface area contributed by atoms with E-state index in [1.807, 2.05) is 0 Å². The van der Waals surface area contributed by atoms with E-state index in [2.05, 4.69) is 268 Å². The fraction of sp³-hybridized carbons (Fsp3) is 0.304. The van der Waals surface area contributed by atoms with Gasteiger partial charge in [-0.2, -0.15) is 0 Å². The van der Waals surface area contributed by atoms with E-state index < -0.39 is 0 Å². The summed E-state index contributed by atoms with van der Waals surface area (Å²) >= 11 is 0. The van der Waals surface area contributed by atoms with Crippen LogP contribution in [0.15, 0.2) is 170 Å². The van der Waals surface area contributed by atoms with Crippen LogP contribution in [0.25, 0.3) is 11.1 Å². The van der Waals surface area contributed by atoms with Crippen LogP contribution >= 0.6 is 0 Å². The predicted octanol–water partition coefficient (Wildman–Crippen LogP) is 17.2. The van der Waals surface area contributed by atoms with E-state index in [4.69, 9.17) is 0 Å². The summed E-state index contributed by atoms with van der Waals surface area (Å²) in [6.45, 7) is 29.2. The summed E-state index contributed by atoms with van der Waals surface area (Å²) in [5.41, 5.74) is 26.0. The van der Waals surface area contributed by atoms with Gasteiger partial charge in [-0.1, -0.05) is 173 Å². The summed E-state index contributed by atoms with van der Waals surface area (Å²) in [6, 6.07) is 65.2. The first-order chi connectivity index (χ1) is 34.7. The van der Waals surface area contributed by atoms with Crippen molar-refractivity contribution in [3.63, 3.8) is 0 Å². The van der Waals surface area contributed by atoms with Gasteiger partial charge in [0.1, 0.15) is 0 Å². The molecule has 366 valence electrons. The van der Waals surface area contributed by atoms with E-state index in [1.165, 1.54) is 108 Å². The van der Waals surface area contributed by atoms with Crippen molar-refractivity contribution in [1.82, 2.24) is 0 Å². The van der Waals surface area contributed by atoms with Crippen molar-refractivity contribution in [2.75, 3.05) is 14.7 Å². The number of aryl methyl sites for hydroxylation is 1. The number of benzene rings is 8. The molecular weight excluding hydrogens is 882 g/mol. The number of para-hydroxylation sites is 2. The molecule has 0 amide bonds. The van der Waals surface area contributed by atoms with Crippen LogP contribution in [0.1, 0.15) is 135 Å². The van der Waals surface area contributed by atoms with E-state index in [0.29, 0.717) is 0 Å². The molecule has 2 aliphatic carbocycles. The number of hydrogen-bond acceptors (Lipinski definition) is 3. The Balaban J connectivity index is 1.21. The number of hydrogen-bond donors (Lipinski definition) is 0. The van der Waals surface area contributed by atoms with Crippen LogP contribution in [0.3, 0.4) is 0 Å². The van der Waals surface area contributed by atoms with Crippen LogP contribution < -0.4 is 31.1 Å². The topological polar surface area (TPSA) is 9.72 Å². The lowest BCUT2D eigenvalue weighted by Crippen LogP contribution is -2.62. The van der Waals surface area contributed by atoms with Gasteiger partial charge in [0.05, 0.1) is 0 Å². The van der Waals surface area contributed by atoms with E-state index in [0.717, 1.165) is 29.9 Å². The molecule has 0 spiro atoms. The lowest BCUT2D eigenvalue weighted by atomic mass is 9.33. The number of rotatable bonds is 6. The summed E-state index contributed by atoms with van der Waals surface area (Å²) in [5, 5.41) is 0. The van der Waals surface area contributed by atoms with Crippen LogP contribution in [-0.4, -0.2) is 6.71 Å². The van der Waals surface area contributed by atoms with Gasteiger partial charge in [0, 0.05) is 51.2 Å². The zero-order valence-electron chi connectivity index (χ0n) is 45.4. The van der Waals surface area contributed by atoms with Crippen LogP contribution in [0, 0.1) is 6.92 Å². The van der Waals surface area contributed by atoms with Crippen molar-refractivity contribution in [2.24, 2.45) is 0 Å². The van der Waals surface area contributed by atoms with Gasteiger partial charge in [-0.15, -0.1) is 0 Å². The zero-order chi connectivity index (χ0) is 51.0. The standard InChI is InChI=1S/C69H72BN3/c1-45-28-29-47(46-22-16-13-17-23-46)38-59(45)73-60-42-52(71(49-24-18-14-19-25-49)50-26-20-15-21-27-50)31-33-57(60)70-58-43-55-56(69(11,12)37-36-68(55,9)10)44-61(58)72(62-39-48(65(2,3)4)40-63(73)64(62)70)51-30-32-53-54(41-51)67(7,8)35-34-66(53,5)6/h13-33,38-44H,34-37H2,1-12H3. The van der Waals surface area contributed by atoms with Gasteiger partial charge < -0.3 is 14.7 Å². The molecule has 0 saturated carbocycles. The maximum absolute atomic E-state index is 2.72. The van der Waals surface area contributed by atoms with Crippen LogP contribution in [0.2, 0.25) is 0 Å². The minimum atomic E-state index is -0.150. The van der Waals surface area contributed by atoms with Gasteiger partial charge in [-0.3, -0.25) is 0 Å². The normalized spacial score (nSPS) is 17.5. The van der Waals surface area contributed by atoms with E-state index in [1.54, 1.807) is 0 Å². The summed E-state index contributed by atoms with van der Waals surface area (Å²) in [6.07, 6.45) is 4.68. The molecule has 0 unspecified atom stereocenters. The Bertz CT molecular complexity index is 3430. The molecule has 73 heavy (non-hydrogen) atoms. The van der Waals surface area contributed by atoms with Crippen molar-refractivity contribution in [3.05, 3.63) is 203 Å². The molecule has 0 fully saturated rings. The molecule has 2 heterocycles. The Morgan fingerprint density at radius 3 is 1.52 bits per heavy atom. The first kappa shape index (κ1) is 47.2. The minimum absolute atomic E-state index is 0.0239. The highest BCUT2D eigenvalue weighted by Gasteiger charge is 2.48. The minimum Gasteiger partial charge on any atom is -0.311 e. The second-order valence-corrected chi connectivity index (χ2v) is 25.6. The molecule has 0 atom stereocenters. The van der Waals surface area contributed by atoms with Crippen molar-refractivity contribution in [3.8, 4) is 11.1 Å². The first-order valence-electron chi connectivity index (χ1n) is 27.0. The molecule has 0 radical (unpaired) electrons. The molecule has 4 aliphatic rings. The largest absolute Gasteiger partial charge is 0.311 e. The number of fused-ring (bicyclic) bond motifs is 6. The van der Waals surface area contributed by atoms with E-state index in [-0.39, 0.29) is 33.8 Å². The highest BCUT2D eigenvalue weighted by molar-refractivity contribution is 7.00. The van der Waals surface area contributed by atoms with Crippen molar-refractivity contribution < 1.29 is 0 Å². The zero-order valence-corrected chi connectivity index (χ0v) is 45.4. The van der Waals surface area contributed by atoms with Crippen molar-refractivity contribution >= 4 is 74.3 Å². The van der Waals surface area contributed by atoms with Crippen LogP contribution in [0.5, 0.6) is 0 Å². The third kappa shape index (κ3) is 7.68. The molecule has 8 aromatic rings. The average molecular weight is 954 g/mol. The second-order valence-electron chi connectivity index (χ2n) is 25.6. The van der Waals surface area contributed by atoms with Gasteiger partial charge in [-0.05, 0) is 193 Å². The Morgan fingerprint density at radius 1 is 0.411 bits per heavy atom. The monoisotopic (exact) mass is 954 g/mol. The molecule has 8 aromatic carbocycles. The lowest BCUT2D eigenvalue weighted by Gasteiger charge is -2.48. The molecule has 0 aromatic heterocycles. The maximum Gasteiger partial charge on any atom is 0.252 e. The Kier molecular flexibility index (Phi) is 10.8. The fourth-order valence-corrected chi connectivity index (χ4v) is 13.1. The van der Waals surface area contributed by atoms with E-state index >= 15 is 0 Å². The van der Waals surface area contributed by atoms with Gasteiger partial charge in [0.25, 0.3) is 6.71 Å². The average Bonchev–Trinajstić information content (AvgIpc) is 3.37. The number of nitrogens with zero attached hydrogens (tertiary/aromatic N) is 3. The predicted molar refractivity (Wildman–Crippen MR) is 315 cm³/mol. The number of anilines is 9. The quantitative estimate of drug-likeness (QED) is 0.154. The lowest BCUT2D eigenvalue weighted by molar-refractivity contribution is 0.332. The molecule has 0 saturated heterocycles. The molecule has 0 N–H and O–H groups in total. The molecule has 4 heteroatoms. The summed E-state index contributed by atoms with van der Waals surface area (Å²) < 4.78 is 0. The van der Waals surface area contributed by atoms with Crippen LogP contribution in [0.4, 0.5) is 51.2 Å². The van der Waals surface area contributed by atoms with E-state index in [9.17, 15) is 0 Å². The third-order valence-corrected chi connectivity index (χ3v) is 17.8. The Morgan fingerprint density at radius 2 is 0.932 bits per heavy atom. The summed E-state index contributed by atoms with van der Waals surface area (Å²) in [5.74, 6) is 0. The van der Waals surface area contributed by atoms with Crippen LogP contribution in [-0.2, 0) is 27.1 Å². The Labute approximate surface area is 437 Å². The Hall–Kier alpha value is -6.78. The second kappa shape index (κ2) is 16.6. The van der Waals surface area contributed by atoms with Gasteiger partial charge in [0.15, 0.2) is 0 Å².